The van der Waals surface area contributed by atoms with Gasteiger partial charge in [0.15, 0.2) is 0 Å². The van der Waals surface area contributed by atoms with Gasteiger partial charge in [0.2, 0.25) is 5.88 Å². The maximum absolute atomic E-state index is 11.1. The Morgan fingerprint density at radius 2 is 2.07 bits per heavy atom. The quantitative estimate of drug-likeness (QED) is 0.773. The summed E-state index contributed by atoms with van der Waals surface area (Å²) in [4.78, 5) is 17.4. The summed E-state index contributed by atoms with van der Waals surface area (Å²) in [6.07, 6.45) is 0. The Morgan fingerprint density at radius 3 is 2.73 bits per heavy atom. The van der Waals surface area contributed by atoms with Gasteiger partial charge in [0.05, 0.1) is 11.1 Å². The first-order chi connectivity index (χ1) is 7.16. The number of aromatic nitrogens is 2. The highest BCUT2D eigenvalue weighted by atomic mass is 35.5. The number of rotatable bonds is 1. The number of aromatic amines is 1. The molecule has 0 unspecified atom stereocenters. The fourth-order valence-electron chi connectivity index (χ4n) is 1.23. The Morgan fingerprint density at radius 1 is 1.33 bits per heavy atom. The number of benzene rings is 1. The zero-order chi connectivity index (χ0) is 10.8. The highest BCUT2D eigenvalue weighted by molar-refractivity contribution is 6.33. The molecule has 76 valence electrons. The smallest absolute Gasteiger partial charge is 0.254 e. The van der Waals surface area contributed by atoms with Gasteiger partial charge >= 0.3 is 0 Å². The molecule has 2 aromatic rings. The maximum atomic E-state index is 11.1. The van der Waals surface area contributed by atoms with Gasteiger partial charge in [0.1, 0.15) is 5.82 Å². The molecule has 0 atom stereocenters. The molecule has 2 rings (SSSR count). The summed E-state index contributed by atoms with van der Waals surface area (Å²) in [6, 6.07) is 7.93. The molecule has 5 heteroatoms. The van der Waals surface area contributed by atoms with Crippen molar-refractivity contribution in [1.82, 2.24) is 9.97 Å². The van der Waals surface area contributed by atoms with Crippen LogP contribution in [-0.2, 0) is 0 Å². The fraction of sp³-hybridized carbons (Fsp3) is 0. The molecule has 0 fully saturated rings. The summed E-state index contributed by atoms with van der Waals surface area (Å²) < 4.78 is 0. The minimum absolute atomic E-state index is 0.255. The number of aromatic hydroxyl groups is 1. The monoisotopic (exact) mass is 222 g/mol. The zero-order valence-corrected chi connectivity index (χ0v) is 8.32. The molecule has 0 aliphatic rings. The van der Waals surface area contributed by atoms with Crippen LogP contribution in [0.1, 0.15) is 0 Å². The molecule has 0 saturated heterocycles. The Hall–Kier alpha value is -1.81. The van der Waals surface area contributed by atoms with E-state index in [2.05, 4.69) is 9.97 Å². The number of hydrogen-bond donors (Lipinski definition) is 2. The van der Waals surface area contributed by atoms with Gasteiger partial charge in [-0.15, -0.1) is 0 Å². The lowest BCUT2D eigenvalue weighted by atomic mass is 10.2. The van der Waals surface area contributed by atoms with Crippen LogP contribution < -0.4 is 5.56 Å². The lowest BCUT2D eigenvalue weighted by Crippen LogP contribution is -2.06. The molecule has 0 amide bonds. The molecule has 15 heavy (non-hydrogen) atoms. The first-order valence-electron chi connectivity index (χ1n) is 4.22. The minimum atomic E-state index is -0.419. The first kappa shape index (κ1) is 9.73. The summed E-state index contributed by atoms with van der Waals surface area (Å²) in [6.45, 7) is 0. The average Bonchev–Trinajstić information content (AvgIpc) is 2.16. The van der Waals surface area contributed by atoms with E-state index in [1.165, 1.54) is 0 Å². The van der Waals surface area contributed by atoms with Gasteiger partial charge in [0.25, 0.3) is 5.56 Å². The van der Waals surface area contributed by atoms with Crippen LogP contribution >= 0.6 is 11.6 Å². The molecule has 1 aromatic heterocycles. The second kappa shape index (κ2) is 3.74. The molecular weight excluding hydrogens is 216 g/mol. The largest absolute Gasteiger partial charge is 0.493 e. The standard InChI is InChI=1S/C10H7ClN2O2/c11-7-4-2-1-3-6(7)10-12-8(14)5-9(15)13-10/h1-5H,(H2,12,13,14,15). The third-order valence-electron chi connectivity index (χ3n) is 1.86. The second-order valence-electron chi connectivity index (χ2n) is 2.93. The summed E-state index contributed by atoms with van der Waals surface area (Å²) in [7, 11) is 0. The predicted molar refractivity (Wildman–Crippen MR) is 57.0 cm³/mol. The Kier molecular flexibility index (Phi) is 2.43. The van der Waals surface area contributed by atoms with Crippen LogP contribution in [0, 0.1) is 0 Å². The van der Waals surface area contributed by atoms with Crippen molar-refractivity contribution >= 4 is 11.6 Å². The molecule has 0 bridgehead atoms. The van der Waals surface area contributed by atoms with Crippen LogP contribution in [0.5, 0.6) is 5.88 Å². The third kappa shape index (κ3) is 1.99. The topological polar surface area (TPSA) is 66.0 Å². The number of nitrogens with zero attached hydrogens (tertiary/aromatic N) is 1. The number of halogens is 1. The normalized spacial score (nSPS) is 10.2. The van der Waals surface area contributed by atoms with Crippen molar-refractivity contribution in [2.24, 2.45) is 0 Å². The maximum Gasteiger partial charge on any atom is 0.254 e. The van der Waals surface area contributed by atoms with E-state index in [4.69, 9.17) is 11.6 Å². The highest BCUT2D eigenvalue weighted by Crippen LogP contribution is 2.24. The van der Waals surface area contributed by atoms with E-state index >= 15 is 0 Å². The van der Waals surface area contributed by atoms with Crippen molar-refractivity contribution < 1.29 is 5.11 Å². The molecule has 0 saturated carbocycles. The van der Waals surface area contributed by atoms with E-state index < -0.39 is 5.56 Å². The van der Waals surface area contributed by atoms with Crippen LogP contribution in [0.15, 0.2) is 35.1 Å². The van der Waals surface area contributed by atoms with E-state index in [-0.39, 0.29) is 11.7 Å². The Balaban J connectivity index is 2.64. The van der Waals surface area contributed by atoms with Crippen LogP contribution in [-0.4, -0.2) is 15.1 Å². The van der Waals surface area contributed by atoms with Gasteiger partial charge in [0, 0.05) is 5.56 Å². The van der Waals surface area contributed by atoms with Crippen molar-refractivity contribution in [3.8, 4) is 17.3 Å². The summed E-state index contributed by atoms with van der Waals surface area (Å²) in [5.41, 5.74) is 0.157. The number of hydrogen-bond acceptors (Lipinski definition) is 3. The van der Waals surface area contributed by atoms with Gasteiger partial charge in [-0.05, 0) is 12.1 Å². The van der Waals surface area contributed by atoms with Crippen LogP contribution in [0.2, 0.25) is 5.02 Å². The van der Waals surface area contributed by atoms with E-state index in [1.54, 1.807) is 24.3 Å². The van der Waals surface area contributed by atoms with Gasteiger partial charge in [-0.1, -0.05) is 23.7 Å². The fourth-order valence-corrected chi connectivity index (χ4v) is 1.45. The van der Waals surface area contributed by atoms with Crippen molar-refractivity contribution in [3.63, 3.8) is 0 Å². The van der Waals surface area contributed by atoms with Crippen LogP contribution in [0.25, 0.3) is 11.4 Å². The lowest BCUT2D eigenvalue weighted by Gasteiger charge is -2.02. The van der Waals surface area contributed by atoms with Crippen molar-refractivity contribution in [2.45, 2.75) is 0 Å². The second-order valence-corrected chi connectivity index (χ2v) is 3.34. The third-order valence-corrected chi connectivity index (χ3v) is 2.19. The lowest BCUT2D eigenvalue weighted by molar-refractivity contribution is 0.452. The molecule has 4 nitrogen and oxygen atoms in total. The van der Waals surface area contributed by atoms with Gasteiger partial charge in [-0.3, -0.25) is 4.79 Å². The molecule has 0 aliphatic carbocycles. The molecule has 0 radical (unpaired) electrons. The highest BCUT2D eigenvalue weighted by Gasteiger charge is 2.06. The number of H-pyrrole nitrogens is 1. The Bertz CT molecular complexity index is 551. The molecule has 2 N–H and O–H groups in total. The average molecular weight is 223 g/mol. The number of nitrogens with one attached hydrogen (secondary N) is 1. The van der Waals surface area contributed by atoms with Crippen LogP contribution in [0.4, 0.5) is 0 Å². The minimum Gasteiger partial charge on any atom is -0.493 e. The van der Waals surface area contributed by atoms with Crippen LogP contribution in [0.3, 0.4) is 0 Å². The van der Waals surface area contributed by atoms with Crippen molar-refractivity contribution in [3.05, 3.63) is 45.7 Å². The molecule has 1 aromatic carbocycles. The molecule has 1 heterocycles. The van der Waals surface area contributed by atoms with Crippen molar-refractivity contribution in [2.75, 3.05) is 0 Å². The van der Waals surface area contributed by atoms with E-state index in [0.717, 1.165) is 6.07 Å². The SMILES string of the molecule is O=c1cc(O)nc(-c2ccccc2Cl)[nH]1. The molecule has 0 aliphatic heterocycles. The Labute approximate surface area is 90.2 Å². The summed E-state index contributed by atoms with van der Waals surface area (Å²) >= 11 is 5.92. The predicted octanol–water partition coefficient (Wildman–Crippen LogP) is 1.80. The first-order valence-corrected chi connectivity index (χ1v) is 4.60. The molecular formula is C10H7ClN2O2. The van der Waals surface area contributed by atoms with Gasteiger partial charge < -0.3 is 10.1 Å². The van der Waals surface area contributed by atoms with Crippen molar-refractivity contribution in [1.29, 1.82) is 0 Å². The molecule has 0 spiro atoms. The van der Waals surface area contributed by atoms with E-state index in [0.29, 0.717) is 10.6 Å². The summed E-state index contributed by atoms with van der Waals surface area (Å²) in [5.74, 6) is -0.0701. The summed E-state index contributed by atoms with van der Waals surface area (Å²) in [5, 5.41) is 9.64. The van der Waals surface area contributed by atoms with E-state index in [1.807, 2.05) is 0 Å². The zero-order valence-electron chi connectivity index (χ0n) is 7.57. The van der Waals surface area contributed by atoms with E-state index in [9.17, 15) is 9.90 Å². The van der Waals surface area contributed by atoms with Gasteiger partial charge in [-0.2, -0.15) is 4.98 Å². The van der Waals surface area contributed by atoms with Gasteiger partial charge in [-0.25, -0.2) is 0 Å².